The van der Waals surface area contributed by atoms with E-state index in [1.807, 2.05) is 0 Å². The van der Waals surface area contributed by atoms with Crippen molar-refractivity contribution in [1.82, 2.24) is 0 Å². The van der Waals surface area contributed by atoms with Gasteiger partial charge in [-0.05, 0) is 53.0 Å². The van der Waals surface area contributed by atoms with Gasteiger partial charge in [0.25, 0.3) is 0 Å². The molecule has 138 valence electrons. The Morgan fingerprint density at radius 2 is 1.46 bits per heavy atom. The second-order valence-electron chi connectivity index (χ2n) is 9.54. The number of fused-ring (bicyclic) bond motifs is 1. The predicted molar refractivity (Wildman–Crippen MR) is 113 cm³/mol. The van der Waals surface area contributed by atoms with Gasteiger partial charge in [-0.2, -0.15) is 0 Å². The smallest absolute Gasteiger partial charge is 0.199 e. The predicted octanol–water partition coefficient (Wildman–Crippen LogP) is 6.89. The van der Waals surface area contributed by atoms with E-state index in [4.69, 9.17) is 10.2 Å². The molecule has 0 aliphatic heterocycles. The van der Waals surface area contributed by atoms with Gasteiger partial charge in [0.15, 0.2) is 5.88 Å². The highest BCUT2D eigenvalue weighted by atomic mass is 16.3. The van der Waals surface area contributed by atoms with Gasteiger partial charge < -0.3 is 10.2 Å². The van der Waals surface area contributed by atoms with Gasteiger partial charge in [-0.15, -0.1) is 0 Å². The molecule has 2 heteroatoms. The van der Waals surface area contributed by atoms with Crippen LogP contribution in [0.25, 0.3) is 22.1 Å². The fourth-order valence-electron chi connectivity index (χ4n) is 3.40. The number of aryl methyl sites for hydroxylation is 2. The van der Waals surface area contributed by atoms with Crippen LogP contribution in [0, 0.1) is 13.8 Å². The highest BCUT2D eigenvalue weighted by Gasteiger charge is 2.27. The van der Waals surface area contributed by atoms with Gasteiger partial charge in [0.2, 0.25) is 0 Å². The van der Waals surface area contributed by atoms with Crippen molar-refractivity contribution >= 4 is 16.9 Å². The zero-order chi connectivity index (χ0) is 19.4. The average molecular weight is 350 g/mol. The molecular formula is C24H31NO. The first-order chi connectivity index (χ1) is 11.9. The Morgan fingerprint density at radius 3 is 2.00 bits per heavy atom. The number of benzene rings is 2. The lowest BCUT2D eigenvalue weighted by Gasteiger charge is -2.25. The van der Waals surface area contributed by atoms with Crippen LogP contribution < -0.4 is 5.73 Å². The minimum Gasteiger partial charge on any atom is -0.440 e. The fourth-order valence-corrected chi connectivity index (χ4v) is 3.40. The van der Waals surface area contributed by atoms with Gasteiger partial charge in [-0.25, -0.2) is 0 Å². The van der Waals surface area contributed by atoms with E-state index in [-0.39, 0.29) is 10.8 Å². The number of hydrogen-bond donors (Lipinski definition) is 1. The summed E-state index contributed by atoms with van der Waals surface area (Å²) in [6, 6.07) is 11.0. The van der Waals surface area contributed by atoms with Crippen LogP contribution in [0.5, 0.6) is 0 Å². The maximum absolute atomic E-state index is 6.38. The molecular weight excluding hydrogens is 318 g/mol. The van der Waals surface area contributed by atoms with E-state index in [1.54, 1.807) is 0 Å². The normalized spacial score (nSPS) is 12.8. The first kappa shape index (κ1) is 18.6. The van der Waals surface area contributed by atoms with Crippen LogP contribution in [0.3, 0.4) is 0 Å². The molecule has 0 aliphatic rings. The van der Waals surface area contributed by atoms with Crippen LogP contribution in [-0.2, 0) is 10.8 Å². The van der Waals surface area contributed by atoms with Crippen LogP contribution in [0.15, 0.2) is 34.7 Å². The van der Waals surface area contributed by atoms with E-state index in [0.717, 1.165) is 22.1 Å². The van der Waals surface area contributed by atoms with E-state index < -0.39 is 0 Å². The molecule has 0 unspecified atom stereocenters. The van der Waals surface area contributed by atoms with Crippen LogP contribution in [0.2, 0.25) is 0 Å². The van der Waals surface area contributed by atoms with Gasteiger partial charge in [0.05, 0.1) is 5.56 Å². The summed E-state index contributed by atoms with van der Waals surface area (Å²) in [6.45, 7) is 17.7. The zero-order valence-electron chi connectivity index (χ0n) is 17.4. The molecule has 0 radical (unpaired) electrons. The summed E-state index contributed by atoms with van der Waals surface area (Å²) in [5.41, 5.74) is 14.5. The Bertz CT molecular complexity index is 978. The molecule has 0 amide bonds. The molecule has 2 nitrogen and oxygen atoms in total. The number of anilines is 1. The van der Waals surface area contributed by atoms with Gasteiger partial charge in [-0.1, -0.05) is 65.8 Å². The van der Waals surface area contributed by atoms with Crippen molar-refractivity contribution in [2.45, 2.75) is 66.2 Å². The molecule has 1 heterocycles. The minimum absolute atomic E-state index is 0.0235. The van der Waals surface area contributed by atoms with Crippen LogP contribution >= 0.6 is 0 Å². The maximum Gasteiger partial charge on any atom is 0.199 e. The number of furan rings is 1. The molecule has 0 fully saturated rings. The Labute approximate surface area is 157 Å². The molecule has 3 aromatic rings. The molecule has 0 saturated heterocycles. The summed E-state index contributed by atoms with van der Waals surface area (Å²) in [5, 5.41) is 1.11. The van der Waals surface area contributed by atoms with E-state index in [2.05, 4.69) is 85.7 Å². The standard InChI is InChI=1S/C24H31NO/c1-14-9-10-16(11-15(14)2)20-18-12-17(23(3,4)5)13-19(24(6,7)8)21(18)26-22(20)25/h9-13H,25H2,1-8H3. The van der Waals surface area contributed by atoms with E-state index in [0.29, 0.717) is 5.88 Å². The highest BCUT2D eigenvalue weighted by Crippen LogP contribution is 2.43. The molecule has 1 aromatic heterocycles. The monoisotopic (exact) mass is 349 g/mol. The Kier molecular flexibility index (Phi) is 4.22. The Hall–Kier alpha value is -2.22. The average Bonchev–Trinajstić information content (AvgIpc) is 2.83. The third-order valence-electron chi connectivity index (χ3n) is 5.29. The fraction of sp³-hybridized carbons (Fsp3) is 0.417. The minimum atomic E-state index is -0.0235. The van der Waals surface area contributed by atoms with Crippen molar-refractivity contribution in [3.05, 3.63) is 52.6 Å². The van der Waals surface area contributed by atoms with Crippen molar-refractivity contribution in [2.24, 2.45) is 0 Å². The summed E-state index contributed by atoms with van der Waals surface area (Å²) in [5.74, 6) is 0.500. The molecule has 0 saturated carbocycles. The van der Waals surface area contributed by atoms with Gasteiger partial charge >= 0.3 is 0 Å². The van der Waals surface area contributed by atoms with Crippen molar-refractivity contribution in [3.8, 4) is 11.1 Å². The zero-order valence-corrected chi connectivity index (χ0v) is 17.4. The number of nitrogen functional groups attached to an aromatic ring is 1. The van der Waals surface area contributed by atoms with Gasteiger partial charge in [0.1, 0.15) is 5.58 Å². The number of rotatable bonds is 1. The van der Waals surface area contributed by atoms with E-state index in [9.17, 15) is 0 Å². The summed E-state index contributed by atoms with van der Waals surface area (Å²) < 4.78 is 6.13. The van der Waals surface area contributed by atoms with E-state index in [1.165, 1.54) is 22.3 Å². The van der Waals surface area contributed by atoms with Gasteiger partial charge in [-0.3, -0.25) is 0 Å². The lowest BCUT2D eigenvalue weighted by molar-refractivity contribution is 0.555. The second kappa shape index (κ2) is 5.90. The van der Waals surface area contributed by atoms with Crippen molar-refractivity contribution < 1.29 is 4.42 Å². The third-order valence-corrected chi connectivity index (χ3v) is 5.29. The third kappa shape index (κ3) is 3.13. The van der Waals surface area contributed by atoms with Crippen molar-refractivity contribution in [1.29, 1.82) is 0 Å². The largest absolute Gasteiger partial charge is 0.440 e. The molecule has 2 aromatic carbocycles. The summed E-state index contributed by atoms with van der Waals surface area (Å²) in [7, 11) is 0. The molecule has 0 spiro atoms. The lowest BCUT2D eigenvalue weighted by atomic mass is 9.79. The Balaban J connectivity index is 2.41. The second-order valence-corrected chi connectivity index (χ2v) is 9.54. The number of hydrogen-bond acceptors (Lipinski definition) is 2. The molecule has 26 heavy (non-hydrogen) atoms. The van der Waals surface area contributed by atoms with Crippen LogP contribution in [-0.4, -0.2) is 0 Å². The van der Waals surface area contributed by atoms with Gasteiger partial charge in [0, 0.05) is 10.9 Å². The summed E-state index contributed by atoms with van der Waals surface area (Å²) in [4.78, 5) is 0. The SMILES string of the molecule is Cc1ccc(-c2c(N)oc3c(C(C)(C)C)cc(C(C)(C)C)cc23)cc1C. The lowest BCUT2D eigenvalue weighted by Crippen LogP contribution is -2.16. The summed E-state index contributed by atoms with van der Waals surface area (Å²) in [6.07, 6.45) is 0. The Morgan fingerprint density at radius 1 is 0.808 bits per heavy atom. The molecule has 0 aliphatic carbocycles. The highest BCUT2D eigenvalue weighted by molar-refractivity contribution is 6.02. The first-order valence-electron chi connectivity index (χ1n) is 9.34. The first-order valence-corrected chi connectivity index (χ1v) is 9.34. The molecule has 3 rings (SSSR count). The molecule has 0 atom stereocenters. The topological polar surface area (TPSA) is 39.2 Å². The van der Waals surface area contributed by atoms with Crippen molar-refractivity contribution in [2.75, 3.05) is 5.73 Å². The van der Waals surface area contributed by atoms with Crippen LogP contribution in [0.1, 0.15) is 63.8 Å². The quantitative estimate of drug-likeness (QED) is 0.519. The summed E-state index contributed by atoms with van der Waals surface area (Å²) >= 11 is 0. The maximum atomic E-state index is 6.38. The van der Waals surface area contributed by atoms with Crippen LogP contribution in [0.4, 0.5) is 5.88 Å². The van der Waals surface area contributed by atoms with E-state index >= 15 is 0 Å². The molecule has 2 N–H and O–H groups in total. The number of nitrogens with two attached hydrogens (primary N) is 1. The molecule has 0 bridgehead atoms. The van der Waals surface area contributed by atoms with Crippen molar-refractivity contribution in [3.63, 3.8) is 0 Å².